The van der Waals surface area contributed by atoms with Crippen LogP contribution in [0.15, 0.2) is 0 Å². The van der Waals surface area contributed by atoms with Crippen LogP contribution in [0.5, 0.6) is 0 Å². The summed E-state index contributed by atoms with van der Waals surface area (Å²) in [6, 6.07) is 0. The molecule has 13 heteroatoms. The minimum absolute atomic E-state index is 0.410. The molecule has 0 amide bonds. The second kappa shape index (κ2) is 14.9. The Hall–Kier alpha value is 1.94. The van der Waals surface area contributed by atoms with E-state index in [1.54, 1.807) is 76.0 Å². The van der Waals surface area contributed by atoms with Crippen LogP contribution in [-0.2, 0) is 26.6 Å². The van der Waals surface area contributed by atoms with E-state index < -0.39 is 17.6 Å². The zero-order valence-electron chi connectivity index (χ0n) is 16.1. The highest BCUT2D eigenvalue weighted by molar-refractivity contribution is 9.10. The molecular weight excluding hydrogens is 457 g/mol. The molecule has 0 bridgehead atoms. The first-order valence-electron chi connectivity index (χ1n) is 7.39. The molecule has 0 saturated heterocycles. The van der Waals surface area contributed by atoms with Crippen LogP contribution in [0.1, 0.15) is 13.8 Å². The van der Waals surface area contributed by atoms with E-state index in [2.05, 4.69) is 13.8 Å². The molecule has 6 nitrogen and oxygen atoms in total. The molecule has 0 aromatic rings. The molecule has 0 saturated carbocycles. The van der Waals surface area contributed by atoms with E-state index in [1.165, 1.54) is 0 Å². The van der Waals surface area contributed by atoms with E-state index in [9.17, 15) is 0 Å². The molecule has 152 valence electrons. The monoisotopic (exact) mass is 486 g/mol. The van der Waals surface area contributed by atoms with Gasteiger partial charge in [0.15, 0.2) is 0 Å². The first-order chi connectivity index (χ1) is 11.9. The molecular formula is C12H30O6S5Si2. The Morgan fingerprint density at radius 3 is 1.12 bits per heavy atom. The van der Waals surface area contributed by atoms with Crippen molar-refractivity contribution in [3.05, 3.63) is 0 Å². The molecule has 0 N–H and O–H groups in total. The van der Waals surface area contributed by atoms with Gasteiger partial charge in [-0.15, -0.1) is 23.5 Å². The Balaban J connectivity index is 4.05. The maximum Gasteiger partial charge on any atom is 0.510 e. The van der Waals surface area contributed by atoms with Crippen molar-refractivity contribution in [2.45, 2.75) is 23.0 Å². The molecule has 0 radical (unpaired) electrons. The number of thioether (sulfide) groups is 2. The topological polar surface area (TPSA) is 55.4 Å². The quantitative estimate of drug-likeness (QED) is 0.181. The Labute approximate surface area is 174 Å². The fourth-order valence-electron chi connectivity index (χ4n) is 1.48. The van der Waals surface area contributed by atoms with Gasteiger partial charge in [0.2, 0.25) is 0 Å². The van der Waals surface area contributed by atoms with Gasteiger partial charge in [-0.1, -0.05) is 21.6 Å². The molecule has 0 spiro atoms. The lowest BCUT2D eigenvalue weighted by atomic mass is 11.0. The lowest BCUT2D eigenvalue weighted by molar-refractivity contribution is 0.130. The van der Waals surface area contributed by atoms with Crippen molar-refractivity contribution in [3.63, 3.8) is 0 Å². The van der Waals surface area contributed by atoms with E-state index in [0.717, 1.165) is 10.8 Å². The third kappa shape index (κ3) is 10.3. The average molecular weight is 487 g/mol. The molecule has 0 aliphatic heterocycles. The molecule has 0 aliphatic carbocycles. The number of hydrogen-bond acceptors (Lipinski definition) is 11. The van der Waals surface area contributed by atoms with Crippen molar-refractivity contribution in [1.29, 1.82) is 0 Å². The van der Waals surface area contributed by atoms with Gasteiger partial charge in [-0.3, -0.25) is 0 Å². The summed E-state index contributed by atoms with van der Waals surface area (Å²) in [6.45, 7) is 4.36. The van der Waals surface area contributed by atoms with Gasteiger partial charge in [0, 0.05) is 42.7 Å². The minimum atomic E-state index is -2.50. The zero-order valence-corrected chi connectivity index (χ0v) is 22.1. The van der Waals surface area contributed by atoms with E-state index >= 15 is 0 Å². The van der Waals surface area contributed by atoms with Gasteiger partial charge in [0.1, 0.15) is 0 Å². The fraction of sp³-hybridized carbons (Fsp3) is 1.00. The summed E-state index contributed by atoms with van der Waals surface area (Å²) in [5, 5.41) is 1.48. The standard InChI is InChI=1S/C12H30O6S5Si2/c1-11(19-9-24(13-3,14-4)15-5)21-23-22-12(2)20-10-25(16-6,17-7)18-8/h11-12H,9-10H2,1-8H3. The summed E-state index contributed by atoms with van der Waals surface area (Å²) in [6.07, 6.45) is 0. The van der Waals surface area contributed by atoms with Crippen molar-refractivity contribution >= 4 is 72.5 Å². The van der Waals surface area contributed by atoms with Crippen LogP contribution in [0.3, 0.4) is 0 Å². The first kappa shape index (κ1) is 26.9. The Morgan fingerprint density at radius 2 is 0.880 bits per heavy atom. The Kier molecular flexibility index (Phi) is 16.0. The third-order valence-electron chi connectivity index (χ3n) is 3.21. The Morgan fingerprint density at radius 1 is 0.600 bits per heavy atom. The molecule has 0 fully saturated rings. The average Bonchev–Trinajstić information content (AvgIpc) is 2.65. The molecule has 0 rings (SSSR count). The molecule has 0 heterocycles. The van der Waals surface area contributed by atoms with Crippen LogP contribution in [0.2, 0.25) is 0 Å². The molecule has 0 aromatic heterocycles. The van der Waals surface area contributed by atoms with Crippen molar-refractivity contribution in [1.82, 2.24) is 0 Å². The number of hydrogen-bond donors (Lipinski definition) is 0. The van der Waals surface area contributed by atoms with Gasteiger partial charge in [0.05, 0.1) is 19.9 Å². The van der Waals surface area contributed by atoms with E-state index in [1.807, 2.05) is 21.6 Å². The van der Waals surface area contributed by atoms with E-state index in [-0.39, 0.29) is 0 Å². The van der Waals surface area contributed by atoms with Gasteiger partial charge < -0.3 is 26.6 Å². The summed E-state index contributed by atoms with van der Waals surface area (Å²) in [5.41, 5.74) is 0. The highest BCUT2D eigenvalue weighted by Gasteiger charge is 2.39. The zero-order chi connectivity index (χ0) is 19.3. The summed E-state index contributed by atoms with van der Waals surface area (Å²) in [4.78, 5) is 0. The predicted molar refractivity (Wildman–Crippen MR) is 120 cm³/mol. The van der Waals surface area contributed by atoms with Gasteiger partial charge in [-0.05, 0) is 23.7 Å². The lowest BCUT2D eigenvalue weighted by Crippen LogP contribution is -2.46. The van der Waals surface area contributed by atoms with Crippen LogP contribution in [0, 0.1) is 0 Å². The van der Waals surface area contributed by atoms with Crippen molar-refractivity contribution in [3.8, 4) is 0 Å². The largest absolute Gasteiger partial charge is 0.510 e. The second-order valence-electron chi connectivity index (χ2n) is 4.61. The normalized spacial score (nSPS) is 15.4. The maximum atomic E-state index is 5.44. The van der Waals surface area contributed by atoms with Crippen LogP contribution in [-0.4, -0.2) is 80.2 Å². The highest BCUT2D eigenvalue weighted by Crippen LogP contribution is 2.46. The van der Waals surface area contributed by atoms with Crippen molar-refractivity contribution < 1.29 is 26.6 Å². The maximum absolute atomic E-state index is 5.44. The van der Waals surface area contributed by atoms with Gasteiger partial charge in [-0.2, -0.15) is 0 Å². The third-order valence-corrected chi connectivity index (χ3v) is 18.5. The first-order valence-corrected chi connectivity index (χ1v) is 17.0. The van der Waals surface area contributed by atoms with Crippen molar-refractivity contribution in [2.75, 3.05) is 53.4 Å². The lowest BCUT2D eigenvalue weighted by Gasteiger charge is -2.25. The van der Waals surface area contributed by atoms with Crippen molar-refractivity contribution in [2.24, 2.45) is 0 Å². The SMILES string of the molecule is CO[Si](CSC(C)SSSC(C)SC[Si](OC)(OC)OC)(OC)OC. The minimum Gasteiger partial charge on any atom is -0.376 e. The summed E-state index contributed by atoms with van der Waals surface area (Å²) >= 11 is 3.59. The smallest absolute Gasteiger partial charge is 0.376 e. The summed E-state index contributed by atoms with van der Waals surface area (Å²) < 4.78 is 33.5. The Bertz CT molecular complexity index is 293. The highest BCUT2D eigenvalue weighted by atomic mass is 33.5. The van der Waals surface area contributed by atoms with Crippen LogP contribution < -0.4 is 0 Å². The molecule has 2 atom stereocenters. The molecule has 0 aliphatic rings. The molecule has 2 unspecified atom stereocenters. The van der Waals surface area contributed by atoms with E-state index in [4.69, 9.17) is 26.6 Å². The van der Waals surface area contributed by atoms with Crippen LogP contribution in [0.4, 0.5) is 0 Å². The summed E-state index contributed by atoms with van der Waals surface area (Å²) in [7, 11) is 10.3. The van der Waals surface area contributed by atoms with Gasteiger partial charge in [-0.25, -0.2) is 0 Å². The predicted octanol–water partition coefficient (Wildman–Crippen LogP) is 4.01. The molecule has 25 heavy (non-hydrogen) atoms. The summed E-state index contributed by atoms with van der Waals surface area (Å²) in [5.74, 6) is 0. The molecule has 0 aromatic carbocycles. The second-order valence-corrected chi connectivity index (χ2v) is 19.5. The van der Waals surface area contributed by atoms with Gasteiger partial charge in [0.25, 0.3) is 0 Å². The van der Waals surface area contributed by atoms with Crippen LogP contribution in [0.25, 0.3) is 0 Å². The fourth-order valence-corrected chi connectivity index (χ4v) is 16.7. The van der Waals surface area contributed by atoms with Crippen LogP contribution >= 0.6 is 54.9 Å². The van der Waals surface area contributed by atoms with Gasteiger partial charge >= 0.3 is 17.6 Å². The number of rotatable bonds is 16. The van der Waals surface area contributed by atoms with E-state index in [0.29, 0.717) is 9.16 Å².